The van der Waals surface area contributed by atoms with E-state index in [1.165, 1.54) is 16.8 Å². The summed E-state index contributed by atoms with van der Waals surface area (Å²) in [5, 5.41) is 12.0. The number of hydrogen-bond acceptors (Lipinski definition) is 3. The summed E-state index contributed by atoms with van der Waals surface area (Å²) in [6.07, 6.45) is 7.60. The number of fused-ring (bicyclic) bond motifs is 1. The summed E-state index contributed by atoms with van der Waals surface area (Å²) in [4.78, 5) is 4.70. The Balaban J connectivity index is 1.77. The molecule has 2 aromatic rings. The number of aryl methyl sites for hydroxylation is 1. The lowest BCUT2D eigenvalue weighted by Crippen LogP contribution is -2.50. The smallest absolute Gasteiger partial charge is 0.159 e. The number of anilines is 1. The maximum absolute atomic E-state index is 15.6. The first-order chi connectivity index (χ1) is 16.5. The summed E-state index contributed by atoms with van der Waals surface area (Å²) >= 11 is 8.36. The van der Waals surface area contributed by atoms with Gasteiger partial charge in [0.15, 0.2) is 9.30 Å². The Morgan fingerprint density at radius 2 is 2.14 bits per heavy atom. The topological polar surface area (TPSA) is 43.8 Å². The molecule has 0 radical (unpaired) electrons. The maximum atomic E-state index is 15.6. The van der Waals surface area contributed by atoms with E-state index in [0.717, 1.165) is 58.0 Å². The molecule has 35 heavy (non-hydrogen) atoms. The van der Waals surface area contributed by atoms with Gasteiger partial charge in [-0.15, -0.1) is 0 Å². The molecule has 4 bridgehead atoms. The zero-order valence-corrected chi connectivity index (χ0v) is 24.4. The molecular formula is C27H34ClN2O2PS2. The van der Waals surface area contributed by atoms with E-state index < -0.39 is 20.7 Å². The Labute approximate surface area is 219 Å². The van der Waals surface area contributed by atoms with Crippen molar-refractivity contribution in [2.24, 2.45) is 0 Å². The molecule has 8 heteroatoms. The number of nitrogens with zero attached hydrogens (tertiary/aromatic N) is 2. The molecule has 6 heterocycles. The van der Waals surface area contributed by atoms with Gasteiger partial charge >= 0.3 is 0 Å². The van der Waals surface area contributed by atoms with Crippen LogP contribution in [0.1, 0.15) is 68.3 Å². The third kappa shape index (κ3) is 3.44. The van der Waals surface area contributed by atoms with Gasteiger partial charge in [0, 0.05) is 35.4 Å². The molecule has 4 nitrogen and oxygen atoms in total. The van der Waals surface area contributed by atoms with Crippen LogP contribution in [-0.4, -0.2) is 43.0 Å². The van der Waals surface area contributed by atoms with E-state index >= 15 is 4.21 Å². The van der Waals surface area contributed by atoms with E-state index in [1.54, 1.807) is 11.3 Å². The number of thiophene rings is 1. The van der Waals surface area contributed by atoms with Crippen molar-refractivity contribution in [3.8, 4) is 0 Å². The molecule has 1 saturated heterocycles. The fraction of sp³-hybridized carbons (Fsp3) is 0.519. The maximum Gasteiger partial charge on any atom is 0.159 e. The molecule has 5 aliphatic heterocycles. The Kier molecular flexibility index (Phi) is 5.56. The van der Waals surface area contributed by atoms with Crippen molar-refractivity contribution in [3.63, 3.8) is 0 Å². The van der Waals surface area contributed by atoms with Crippen LogP contribution in [0.25, 0.3) is 5.57 Å². The number of aliphatic hydroxyl groups excluding tert-OH is 1. The second kappa shape index (κ2) is 7.99. The van der Waals surface area contributed by atoms with Crippen molar-refractivity contribution in [1.29, 1.82) is 0 Å². The summed E-state index contributed by atoms with van der Waals surface area (Å²) in [7, 11) is -2.49. The van der Waals surface area contributed by atoms with Crippen LogP contribution in [0.5, 0.6) is 0 Å². The molecule has 5 aliphatic rings. The normalized spacial score (nSPS) is 29.7. The fourth-order valence-corrected chi connectivity index (χ4v) is 17.6. The Bertz CT molecular complexity index is 1390. The number of benzene rings is 1. The van der Waals surface area contributed by atoms with Crippen molar-refractivity contribution < 1.29 is 9.32 Å². The summed E-state index contributed by atoms with van der Waals surface area (Å²) in [6, 6.07) is 6.72. The van der Waals surface area contributed by atoms with E-state index in [4.69, 9.17) is 11.6 Å². The third-order valence-corrected chi connectivity index (χ3v) is 18.9. The number of hydrogen-bond donors (Lipinski definition) is 1. The zero-order chi connectivity index (χ0) is 24.9. The van der Waals surface area contributed by atoms with Crippen molar-refractivity contribution >= 4 is 55.5 Å². The SMILES string of the molecule is CC1(C)C[C@@H]2CN1S(=O)(C(C)(C)C)=[P+]1[CH-]C=C(c3cc(Cl)cc4c3N2CCC4)c2[s+][c-](CO)cc21. The van der Waals surface area contributed by atoms with Gasteiger partial charge < -0.3 is 10.0 Å². The average molecular weight is 549 g/mol. The Hall–Kier alpha value is -1.01. The van der Waals surface area contributed by atoms with Gasteiger partial charge in [0.2, 0.25) is 0 Å². The second-order valence-electron chi connectivity index (χ2n) is 11.7. The molecule has 1 aromatic carbocycles. The Morgan fingerprint density at radius 1 is 1.37 bits per heavy atom. The van der Waals surface area contributed by atoms with E-state index in [9.17, 15) is 5.11 Å². The fourth-order valence-electron chi connectivity index (χ4n) is 6.46. The van der Waals surface area contributed by atoms with Crippen LogP contribution in [0.2, 0.25) is 5.02 Å². The minimum atomic E-state index is -2.49. The van der Waals surface area contributed by atoms with Crippen LogP contribution in [0.3, 0.4) is 0 Å². The van der Waals surface area contributed by atoms with Crippen molar-refractivity contribution in [2.75, 3.05) is 18.0 Å². The summed E-state index contributed by atoms with van der Waals surface area (Å²) in [5.74, 6) is 0. The van der Waals surface area contributed by atoms with E-state index in [2.05, 4.69) is 74.3 Å². The van der Waals surface area contributed by atoms with Gasteiger partial charge in [-0.3, -0.25) is 0 Å². The molecule has 0 saturated carbocycles. The summed E-state index contributed by atoms with van der Waals surface area (Å²) < 4.78 is 17.6. The lowest BCUT2D eigenvalue weighted by atomic mass is 9.90. The highest BCUT2D eigenvalue weighted by Crippen LogP contribution is 2.55. The van der Waals surface area contributed by atoms with Crippen LogP contribution in [-0.2, 0) is 22.3 Å². The van der Waals surface area contributed by atoms with Gasteiger partial charge in [0.05, 0.1) is 39.6 Å². The quantitative estimate of drug-likeness (QED) is 0.264. The van der Waals surface area contributed by atoms with Crippen LogP contribution >= 0.6 is 29.6 Å². The standard InChI is InChI=1S/C27H34ClN2O2PS2/c1-26(2,3)35(32)30-15-19(14-27(30,4)5)29-9-6-7-17-11-18(28)12-22(24(17)29)21-8-10-33(35)23-13-20(16-31)34-25(21)23/h8,10-13,19,31H,6-7,9,14-16H2,1-5H3/t19-,35?/m1/s1. The second-order valence-corrected chi connectivity index (χ2v) is 20.1. The van der Waals surface area contributed by atoms with E-state index in [-0.39, 0.29) is 12.1 Å². The van der Waals surface area contributed by atoms with Crippen LogP contribution in [0.15, 0.2) is 24.3 Å². The van der Waals surface area contributed by atoms with Crippen LogP contribution in [0.4, 0.5) is 5.69 Å². The number of rotatable bonds is 1. The minimum absolute atomic E-state index is 0.00187. The molecule has 1 N–H and O–H groups in total. The van der Waals surface area contributed by atoms with Gasteiger partial charge in [0.1, 0.15) is 4.88 Å². The third-order valence-electron chi connectivity index (χ3n) is 7.94. The average Bonchev–Trinajstić information content (AvgIpc) is 3.35. The van der Waals surface area contributed by atoms with Crippen LogP contribution < -0.4 is 10.2 Å². The molecule has 4 atom stereocenters. The highest BCUT2D eigenvalue weighted by Gasteiger charge is 2.53. The molecule has 0 amide bonds. The summed E-state index contributed by atoms with van der Waals surface area (Å²) in [6.45, 7) is 11.7. The van der Waals surface area contributed by atoms with E-state index in [1.807, 2.05) is 0 Å². The van der Waals surface area contributed by atoms with Gasteiger partial charge in [-0.25, -0.2) is 4.21 Å². The Morgan fingerprint density at radius 3 is 2.86 bits per heavy atom. The highest BCUT2D eigenvalue weighted by atomic mass is 35.5. The first-order valence-electron chi connectivity index (χ1n) is 12.5. The first kappa shape index (κ1) is 24.3. The first-order valence-corrected chi connectivity index (χ1v) is 17.2. The largest absolute Gasteiger partial charge is 0.399 e. The molecule has 3 unspecified atom stereocenters. The lowest BCUT2D eigenvalue weighted by Gasteiger charge is -2.40. The molecule has 1 aromatic heterocycles. The van der Waals surface area contributed by atoms with Crippen molar-refractivity contribution in [3.05, 3.63) is 56.3 Å². The lowest BCUT2D eigenvalue weighted by molar-refractivity contribution is 0.285. The minimum Gasteiger partial charge on any atom is -0.399 e. The number of aliphatic hydroxyl groups is 1. The van der Waals surface area contributed by atoms with Crippen LogP contribution in [0, 0.1) is 6.16 Å². The molecule has 188 valence electrons. The van der Waals surface area contributed by atoms with Crippen molar-refractivity contribution in [2.45, 2.75) is 76.8 Å². The number of halogens is 1. The zero-order valence-electron chi connectivity index (χ0n) is 21.1. The number of allylic oxidation sites excluding steroid dienone is 1. The van der Waals surface area contributed by atoms with Gasteiger partial charge in [0.25, 0.3) is 0 Å². The predicted octanol–water partition coefficient (Wildman–Crippen LogP) is 6.14. The molecule has 7 rings (SSSR count). The molecule has 1 fully saturated rings. The predicted molar refractivity (Wildman–Crippen MR) is 152 cm³/mol. The van der Waals surface area contributed by atoms with E-state index in [0.29, 0.717) is 6.04 Å². The monoisotopic (exact) mass is 548 g/mol. The van der Waals surface area contributed by atoms with Gasteiger partial charge in [-0.05, 0) is 71.7 Å². The molecular weight excluding hydrogens is 515 g/mol. The van der Waals surface area contributed by atoms with Gasteiger partial charge in [-0.1, -0.05) is 29.3 Å². The molecule has 0 aliphatic carbocycles. The highest BCUT2D eigenvalue weighted by molar-refractivity contribution is 8.32. The van der Waals surface area contributed by atoms with Gasteiger partial charge in [-0.2, -0.15) is 16.0 Å². The summed E-state index contributed by atoms with van der Waals surface area (Å²) in [5.41, 5.74) is 4.79. The molecule has 0 spiro atoms. The van der Waals surface area contributed by atoms with Crippen molar-refractivity contribution in [1.82, 2.24) is 4.31 Å².